The fourth-order valence-corrected chi connectivity index (χ4v) is 4.62. The van der Waals surface area contributed by atoms with Crippen molar-refractivity contribution in [2.24, 2.45) is 0 Å². The molecule has 0 spiro atoms. The van der Waals surface area contributed by atoms with Gasteiger partial charge >= 0.3 is 0 Å². The highest BCUT2D eigenvalue weighted by Crippen LogP contribution is 2.38. The summed E-state index contributed by atoms with van der Waals surface area (Å²) in [6.45, 7) is 4.87. The lowest BCUT2D eigenvalue weighted by atomic mass is 10.1. The number of aromatic nitrogens is 3. The quantitative estimate of drug-likeness (QED) is 0.721. The van der Waals surface area contributed by atoms with Gasteiger partial charge in [-0.05, 0) is 51.5 Å². The van der Waals surface area contributed by atoms with Crippen LogP contribution < -0.4 is 5.32 Å². The topological polar surface area (TPSA) is 63.8 Å². The molecule has 0 bridgehead atoms. The van der Waals surface area contributed by atoms with Crippen LogP contribution in [0.15, 0.2) is 10.9 Å². The predicted molar refractivity (Wildman–Crippen MR) is 92.2 cm³/mol. The summed E-state index contributed by atoms with van der Waals surface area (Å²) >= 11 is 1.83. The molecule has 0 saturated heterocycles. The summed E-state index contributed by atoms with van der Waals surface area (Å²) in [7, 11) is 0. The van der Waals surface area contributed by atoms with Crippen LogP contribution in [0.25, 0.3) is 10.2 Å². The van der Waals surface area contributed by atoms with Crippen LogP contribution in [0.2, 0.25) is 0 Å². The zero-order valence-corrected chi connectivity index (χ0v) is 14.3. The zero-order chi connectivity index (χ0) is 15.8. The molecule has 1 aliphatic rings. The molecule has 3 aromatic heterocycles. The van der Waals surface area contributed by atoms with E-state index in [0.717, 1.165) is 47.9 Å². The van der Waals surface area contributed by atoms with Crippen LogP contribution in [-0.4, -0.2) is 21.7 Å². The SMILES string of the molecule is Cc1noc(C)c1CCCNc1ncnc2sc3c(c12)CCC3. The molecule has 0 amide bonds. The standard InChI is InChI=1S/C17H20N4OS/c1-10-12(11(2)22-21-10)6-4-8-18-16-15-13-5-3-7-14(13)23-17(15)20-9-19-16/h9H,3-8H2,1-2H3,(H,18,19,20). The first-order valence-electron chi connectivity index (χ1n) is 8.15. The lowest BCUT2D eigenvalue weighted by Gasteiger charge is -2.07. The molecule has 6 heteroatoms. The van der Waals surface area contributed by atoms with Crippen LogP contribution in [0, 0.1) is 13.8 Å². The van der Waals surface area contributed by atoms with Crippen molar-refractivity contribution in [2.45, 2.75) is 46.0 Å². The molecule has 0 fully saturated rings. The van der Waals surface area contributed by atoms with Crippen molar-refractivity contribution in [3.63, 3.8) is 0 Å². The monoisotopic (exact) mass is 328 g/mol. The van der Waals surface area contributed by atoms with Gasteiger partial charge in [-0.3, -0.25) is 0 Å². The number of anilines is 1. The van der Waals surface area contributed by atoms with E-state index in [2.05, 4.69) is 20.4 Å². The summed E-state index contributed by atoms with van der Waals surface area (Å²) in [6, 6.07) is 0. The number of hydrogen-bond acceptors (Lipinski definition) is 6. The molecule has 1 N–H and O–H groups in total. The molecule has 0 saturated carbocycles. The van der Waals surface area contributed by atoms with Gasteiger partial charge in [0, 0.05) is 17.0 Å². The van der Waals surface area contributed by atoms with Gasteiger partial charge in [0.2, 0.25) is 0 Å². The third-order valence-electron chi connectivity index (χ3n) is 4.58. The van der Waals surface area contributed by atoms with Crippen molar-refractivity contribution in [2.75, 3.05) is 11.9 Å². The number of rotatable bonds is 5. The number of hydrogen-bond donors (Lipinski definition) is 1. The molecule has 1 aliphatic carbocycles. The minimum atomic E-state index is 0.890. The first-order chi connectivity index (χ1) is 11.2. The van der Waals surface area contributed by atoms with Gasteiger partial charge in [0.1, 0.15) is 22.7 Å². The number of fused-ring (bicyclic) bond motifs is 3. The van der Waals surface area contributed by atoms with E-state index in [1.165, 1.54) is 34.2 Å². The van der Waals surface area contributed by atoms with Gasteiger partial charge in [-0.2, -0.15) is 0 Å². The Kier molecular flexibility index (Phi) is 3.77. The summed E-state index contributed by atoms with van der Waals surface area (Å²) < 4.78 is 5.22. The Morgan fingerprint density at radius 3 is 3.00 bits per heavy atom. The van der Waals surface area contributed by atoms with Gasteiger partial charge in [0.15, 0.2) is 0 Å². The van der Waals surface area contributed by atoms with Crippen molar-refractivity contribution in [3.8, 4) is 0 Å². The molecule has 0 atom stereocenters. The average Bonchev–Trinajstić information content (AvgIpc) is 3.20. The maximum Gasteiger partial charge on any atom is 0.138 e. The molecule has 23 heavy (non-hydrogen) atoms. The molecule has 3 aromatic rings. The Morgan fingerprint density at radius 2 is 2.17 bits per heavy atom. The summed E-state index contributed by atoms with van der Waals surface area (Å²) in [5, 5.41) is 8.77. The minimum Gasteiger partial charge on any atom is -0.369 e. The van der Waals surface area contributed by atoms with E-state index in [4.69, 9.17) is 4.52 Å². The van der Waals surface area contributed by atoms with Crippen LogP contribution >= 0.6 is 11.3 Å². The Morgan fingerprint density at radius 1 is 1.26 bits per heavy atom. The number of nitrogens with one attached hydrogen (secondary N) is 1. The third kappa shape index (κ3) is 2.61. The van der Waals surface area contributed by atoms with Crippen molar-refractivity contribution in [1.82, 2.24) is 15.1 Å². The lowest BCUT2D eigenvalue weighted by Crippen LogP contribution is -2.06. The minimum absolute atomic E-state index is 0.890. The van der Waals surface area contributed by atoms with Crippen LogP contribution in [0.5, 0.6) is 0 Å². The average molecular weight is 328 g/mol. The predicted octanol–water partition coefficient (Wildman–Crippen LogP) is 3.83. The fourth-order valence-electron chi connectivity index (χ4n) is 3.39. The van der Waals surface area contributed by atoms with Crippen LogP contribution in [0.1, 0.15) is 40.3 Å². The molecular formula is C17H20N4OS. The highest BCUT2D eigenvalue weighted by atomic mass is 32.1. The molecule has 0 aromatic carbocycles. The van der Waals surface area contributed by atoms with Gasteiger partial charge in [0.05, 0.1) is 11.1 Å². The fraction of sp³-hybridized carbons (Fsp3) is 0.471. The first-order valence-corrected chi connectivity index (χ1v) is 8.96. The van der Waals surface area contributed by atoms with Crippen molar-refractivity contribution < 1.29 is 4.52 Å². The van der Waals surface area contributed by atoms with Gasteiger partial charge in [-0.15, -0.1) is 11.3 Å². The van der Waals surface area contributed by atoms with E-state index in [0.29, 0.717) is 0 Å². The van der Waals surface area contributed by atoms with Crippen molar-refractivity contribution >= 4 is 27.4 Å². The van der Waals surface area contributed by atoms with Gasteiger partial charge in [0.25, 0.3) is 0 Å². The largest absolute Gasteiger partial charge is 0.369 e. The second kappa shape index (κ2) is 5.92. The van der Waals surface area contributed by atoms with E-state index >= 15 is 0 Å². The van der Waals surface area contributed by atoms with Gasteiger partial charge in [-0.25, -0.2) is 9.97 Å². The van der Waals surface area contributed by atoms with E-state index < -0.39 is 0 Å². The summed E-state index contributed by atoms with van der Waals surface area (Å²) in [6.07, 6.45) is 7.30. The molecular weight excluding hydrogens is 308 g/mol. The maximum atomic E-state index is 5.22. The molecule has 0 unspecified atom stereocenters. The number of thiophene rings is 1. The van der Waals surface area contributed by atoms with Gasteiger partial charge in [-0.1, -0.05) is 5.16 Å². The number of nitrogens with zero attached hydrogens (tertiary/aromatic N) is 3. The molecule has 0 aliphatic heterocycles. The third-order valence-corrected chi connectivity index (χ3v) is 5.78. The highest BCUT2D eigenvalue weighted by molar-refractivity contribution is 7.19. The lowest BCUT2D eigenvalue weighted by molar-refractivity contribution is 0.392. The second-order valence-electron chi connectivity index (χ2n) is 6.09. The normalized spacial score (nSPS) is 13.7. The van der Waals surface area contributed by atoms with E-state index in [-0.39, 0.29) is 0 Å². The molecule has 120 valence electrons. The Hall–Kier alpha value is -1.95. The van der Waals surface area contributed by atoms with E-state index in [1.54, 1.807) is 6.33 Å². The Labute approximate surface area is 139 Å². The smallest absolute Gasteiger partial charge is 0.138 e. The molecule has 4 rings (SSSR count). The van der Waals surface area contributed by atoms with Crippen LogP contribution in [0.4, 0.5) is 5.82 Å². The molecule has 3 heterocycles. The first kappa shape index (κ1) is 14.6. The van der Waals surface area contributed by atoms with Crippen molar-refractivity contribution in [1.29, 1.82) is 0 Å². The summed E-state index contributed by atoms with van der Waals surface area (Å²) in [5.74, 6) is 1.93. The summed E-state index contributed by atoms with van der Waals surface area (Å²) in [4.78, 5) is 11.5. The van der Waals surface area contributed by atoms with Crippen LogP contribution in [-0.2, 0) is 19.3 Å². The maximum absolute atomic E-state index is 5.22. The van der Waals surface area contributed by atoms with Crippen molar-refractivity contribution in [3.05, 3.63) is 33.8 Å². The Bertz CT molecular complexity index is 832. The summed E-state index contributed by atoms with van der Waals surface area (Å²) in [5.41, 5.74) is 3.71. The highest BCUT2D eigenvalue weighted by Gasteiger charge is 2.20. The molecule has 0 radical (unpaired) electrons. The van der Waals surface area contributed by atoms with E-state index in [9.17, 15) is 0 Å². The number of aryl methyl sites for hydroxylation is 4. The van der Waals surface area contributed by atoms with E-state index in [1.807, 2.05) is 25.2 Å². The van der Waals surface area contributed by atoms with Crippen LogP contribution in [0.3, 0.4) is 0 Å². The second-order valence-corrected chi connectivity index (χ2v) is 7.18. The zero-order valence-electron chi connectivity index (χ0n) is 13.5. The van der Waals surface area contributed by atoms with Gasteiger partial charge < -0.3 is 9.84 Å². The molecule has 5 nitrogen and oxygen atoms in total. The Balaban J connectivity index is 1.46.